The van der Waals surface area contributed by atoms with Crippen molar-refractivity contribution in [3.63, 3.8) is 0 Å². The minimum atomic E-state index is -0.735. The van der Waals surface area contributed by atoms with E-state index in [1.807, 2.05) is 30.1 Å². The molecular weight excluding hydrogens is 363 g/mol. The zero-order valence-corrected chi connectivity index (χ0v) is 18.1. The Morgan fingerprint density at radius 2 is 1.90 bits per heavy atom. The van der Waals surface area contributed by atoms with Crippen molar-refractivity contribution in [2.24, 2.45) is 40.9 Å². The van der Waals surface area contributed by atoms with Crippen LogP contribution in [-0.4, -0.2) is 26.7 Å². The maximum absolute atomic E-state index is 15.4. The molecule has 0 spiro atoms. The zero-order valence-electron chi connectivity index (χ0n) is 18.1. The third-order valence-electron chi connectivity index (χ3n) is 9.66. The molecule has 1 N–H and O–H groups in total. The zero-order chi connectivity index (χ0) is 20.4. The predicted molar refractivity (Wildman–Crippen MR) is 113 cm³/mol. The monoisotopic (exact) mass is 400 g/mol. The van der Waals surface area contributed by atoms with Gasteiger partial charge in [-0.05, 0) is 105 Å². The summed E-state index contributed by atoms with van der Waals surface area (Å²) in [5.74, 6) is 2.91. The van der Waals surface area contributed by atoms with Gasteiger partial charge in [-0.3, -0.25) is 4.68 Å². The Bertz CT molecular complexity index is 759. The minimum Gasteiger partial charge on any atom is -0.390 e. The molecule has 0 saturated heterocycles. The molecule has 9 atom stereocenters. The minimum absolute atomic E-state index is 0.0799. The SMILES string of the molecule is C=C(Cn1cccn1)[C@H]1CC[C@H]2[C@@H]3C[C@@H](F)[C@H]4C[C@](C)(O)CC[C@@H]4[C@H]3CC[C@]12C. The van der Waals surface area contributed by atoms with Gasteiger partial charge in [0.2, 0.25) is 0 Å². The van der Waals surface area contributed by atoms with Crippen LogP contribution in [0.3, 0.4) is 0 Å². The highest BCUT2D eigenvalue weighted by molar-refractivity contribution is 5.16. The number of nitrogens with zero attached hydrogens (tertiary/aromatic N) is 2. The van der Waals surface area contributed by atoms with Crippen molar-refractivity contribution < 1.29 is 9.50 Å². The molecule has 4 heteroatoms. The summed E-state index contributed by atoms with van der Waals surface area (Å²) in [5.41, 5.74) is 0.902. The molecule has 1 aromatic rings. The second-order valence-electron chi connectivity index (χ2n) is 11.3. The Hall–Kier alpha value is -1.16. The van der Waals surface area contributed by atoms with Gasteiger partial charge >= 0.3 is 0 Å². The number of rotatable bonds is 3. The molecular formula is C25H37FN2O. The lowest BCUT2D eigenvalue weighted by atomic mass is 9.48. The number of allylic oxidation sites excluding steroid dienone is 1. The fourth-order valence-electron chi connectivity index (χ4n) is 8.39. The first-order valence-electron chi connectivity index (χ1n) is 11.8. The Morgan fingerprint density at radius 1 is 1.14 bits per heavy atom. The fraction of sp³-hybridized carbons (Fsp3) is 0.800. The van der Waals surface area contributed by atoms with Crippen molar-refractivity contribution in [2.75, 3.05) is 0 Å². The standard InChI is InChI=1S/C25H37FN2O/c1-16(15-28-12-4-11-27-28)21-5-6-22-19-13-23(26)20-14-24(2,29)9-7-18(20)17(19)8-10-25(21,22)3/h4,11-12,17-23,29H,1,5-10,13-15H2,2-3H3/t17-,18-,19-,20+,21-,22+,23-,24-,25-/m1/s1. The molecule has 0 radical (unpaired) electrons. The Kier molecular flexibility index (Phi) is 4.73. The second-order valence-corrected chi connectivity index (χ2v) is 11.3. The lowest BCUT2D eigenvalue weighted by molar-refractivity contribution is -0.125. The van der Waals surface area contributed by atoms with Crippen LogP contribution in [0.25, 0.3) is 0 Å². The third kappa shape index (κ3) is 3.21. The molecule has 1 aromatic heterocycles. The molecule has 1 heterocycles. The summed E-state index contributed by atoms with van der Waals surface area (Å²) in [6, 6.07) is 1.97. The molecule has 3 nitrogen and oxygen atoms in total. The summed E-state index contributed by atoms with van der Waals surface area (Å²) in [6.07, 6.45) is 11.3. The third-order valence-corrected chi connectivity index (χ3v) is 9.66. The van der Waals surface area contributed by atoms with E-state index in [1.54, 1.807) is 0 Å². The molecule has 0 unspecified atom stereocenters. The van der Waals surface area contributed by atoms with E-state index in [9.17, 15) is 5.11 Å². The van der Waals surface area contributed by atoms with Crippen LogP contribution in [0.1, 0.15) is 65.2 Å². The van der Waals surface area contributed by atoms with Crippen LogP contribution in [0.15, 0.2) is 30.6 Å². The average Bonchev–Trinajstić information content (AvgIpc) is 3.28. The smallest absolute Gasteiger partial charge is 0.104 e. The summed E-state index contributed by atoms with van der Waals surface area (Å²) in [7, 11) is 0. The highest BCUT2D eigenvalue weighted by Crippen LogP contribution is 2.65. The molecule has 4 fully saturated rings. The van der Waals surface area contributed by atoms with E-state index in [4.69, 9.17) is 0 Å². The Balaban J connectivity index is 1.35. The molecule has 4 aliphatic rings. The van der Waals surface area contributed by atoms with Gasteiger partial charge in [0.1, 0.15) is 6.17 Å². The normalized spacial score (nSPS) is 49.2. The highest BCUT2D eigenvalue weighted by atomic mass is 19.1. The van der Waals surface area contributed by atoms with Gasteiger partial charge in [-0.15, -0.1) is 0 Å². The van der Waals surface area contributed by atoms with E-state index in [2.05, 4.69) is 18.6 Å². The Labute approximate surface area is 174 Å². The van der Waals surface area contributed by atoms with Gasteiger partial charge < -0.3 is 5.11 Å². The van der Waals surface area contributed by atoms with Gasteiger partial charge in [-0.25, -0.2) is 4.39 Å². The lowest BCUT2D eigenvalue weighted by Crippen LogP contribution is -2.54. The summed E-state index contributed by atoms with van der Waals surface area (Å²) in [4.78, 5) is 0. The number of hydrogen-bond donors (Lipinski definition) is 1. The van der Waals surface area contributed by atoms with Crippen LogP contribution in [0.2, 0.25) is 0 Å². The van der Waals surface area contributed by atoms with Crippen molar-refractivity contribution in [1.82, 2.24) is 9.78 Å². The topological polar surface area (TPSA) is 38.0 Å². The number of fused-ring (bicyclic) bond motifs is 5. The van der Waals surface area contributed by atoms with Gasteiger partial charge in [0.15, 0.2) is 0 Å². The van der Waals surface area contributed by atoms with Crippen LogP contribution in [0.5, 0.6) is 0 Å². The summed E-state index contributed by atoms with van der Waals surface area (Å²) >= 11 is 0. The highest BCUT2D eigenvalue weighted by Gasteiger charge is 2.59. The van der Waals surface area contributed by atoms with Gasteiger partial charge in [-0.2, -0.15) is 5.10 Å². The van der Waals surface area contributed by atoms with Gasteiger partial charge in [0, 0.05) is 12.4 Å². The summed E-state index contributed by atoms with van der Waals surface area (Å²) in [6.45, 7) is 9.68. The van der Waals surface area contributed by atoms with Crippen molar-refractivity contribution in [2.45, 2.75) is 83.5 Å². The number of aliphatic hydroxyl groups is 1. The van der Waals surface area contributed by atoms with Crippen molar-refractivity contribution in [3.05, 3.63) is 30.6 Å². The van der Waals surface area contributed by atoms with E-state index >= 15 is 4.39 Å². The fourth-order valence-corrected chi connectivity index (χ4v) is 8.39. The van der Waals surface area contributed by atoms with Crippen LogP contribution in [-0.2, 0) is 6.54 Å². The molecule has 5 rings (SSSR count). The van der Waals surface area contributed by atoms with E-state index in [1.165, 1.54) is 31.3 Å². The van der Waals surface area contributed by atoms with Crippen LogP contribution in [0.4, 0.5) is 4.39 Å². The van der Waals surface area contributed by atoms with Crippen molar-refractivity contribution in [1.29, 1.82) is 0 Å². The number of hydrogen-bond acceptors (Lipinski definition) is 2. The first kappa shape index (κ1) is 19.8. The van der Waals surface area contributed by atoms with E-state index < -0.39 is 11.8 Å². The van der Waals surface area contributed by atoms with Crippen molar-refractivity contribution >= 4 is 0 Å². The van der Waals surface area contributed by atoms with E-state index in [0.29, 0.717) is 36.0 Å². The maximum Gasteiger partial charge on any atom is 0.104 e. The average molecular weight is 401 g/mol. The molecule has 0 bridgehead atoms. The second kappa shape index (κ2) is 6.93. The van der Waals surface area contributed by atoms with Crippen LogP contribution < -0.4 is 0 Å². The molecule has 0 amide bonds. The molecule has 4 aliphatic carbocycles. The number of aromatic nitrogens is 2. The van der Waals surface area contributed by atoms with Gasteiger partial charge in [0.25, 0.3) is 0 Å². The first-order chi connectivity index (χ1) is 13.8. The lowest BCUT2D eigenvalue weighted by Gasteiger charge is -2.57. The van der Waals surface area contributed by atoms with Crippen LogP contribution >= 0.6 is 0 Å². The molecule has 0 aliphatic heterocycles. The van der Waals surface area contributed by atoms with E-state index in [0.717, 1.165) is 25.8 Å². The van der Waals surface area contributed by atoms with Gasteiger partial charge in [-0.1, -0.05) is 19.1 Å². The molecule has 0 aromatic carbocycles. The molecule has 4 saturated carbocycles. The van der Waals surface area contributed by atoms with Crippen molar-refractivity contribution in [3.8, 4) is 0 Å². The van der Waals surface area contributed by atoms with Gasteiger partial charge in [0.05, 0.1) is 12.1 Å². The maximum atomic E-state index is 15.4. The predicted octanol–water partition coefficient (Wildman–Crippen LogP) is 5.41. The molecule has 29 heavy (non-hydrogen) atoms. The molecule has 160 valence electrons. The number of alkyl halides is 1. The van der Waals surface area contributed by atoms with Crippen LogP contribution in [0, 0.1) is 40.9 Å². The Morgan fingerprint density at radius 3 is 2.66 bits per heavy atom. The first-order valence-corrected chi connectivity index (χ1v) is 11.8. The number of halogens is 1. The summed E-state index contributed by atoms with van der Waals surface area (Å²) in [5, 5.41) is 14.9. The summed E-state index contributed by atoms with van der Waals surface area (Å²) < 4.78 is 17.4. The van der Waals surface area contributed by atoms with E-state index in [-0.39, 0.29) is 11.3 Å². The largest absolute Gasteiger partial charge is 0.390 e. The quantitative estimate of drug-likeness (QED) is 0.689.